The van der Waals surface area contributed by atoms with E-state index in [1.807, 2.05) is 6.92 Å². The highest BCUT2D eigenvalue weighted by Crippen LogP contribution is 2.09. The summed E-state index contributed by atoms with van der Waals surface area (Å²) in [6, 6.07) is 3.25. The summed E-state index contributed by atoms with van der Waals surface area (Å²) >= 11 is 0. The number of furan rings is 1. The van der Waals surface area contributed by atoms with Gasteiger partial charge in [0.25, 0.3) is 0 Å². The second-order valence-corrected chi connectivity index (χ2v) is 3.03. The van der Waals surface area contributed by atoms with E-state index in [-0.39, 0.29) is 12.4 Å². The maximum absolute atomic E-state index is 11.4. The first kappa shape index (κ1) is 12.7. The zero-order valence-corrected chi connectivity index (χ0v) is 9.52. The molecule has 1 rings (SSSR count). The number of carbonyl (C=O) groups excluding carboxylic acids is 1. The first-order valence-electron chi connectivity index (χ1n) is 5.10. The lowest BCUT2D eigenvalue weighted by Crippen LogP contribution is -2.10. The average molecular weight is 228 g/mol. The van der Waals surface area contributed by atoms with E-state index in [9.17, 15) is 4.79 Å². The Morgan fingerprint density at radius 3 is 2.88 bits per heavy atom. The monoisotopic (exact) mass is 228 g/mol. The van der Waals surface area contributed by atoms with E-state index in [1.54, 1.807) is 19.2 Å². The quantitative estimate of drug-likeness (QED) is 0.524. The summed E-state index contributed by atoms with van der Waals surface area (Å²) in [6.45, 7) is 3.45. The van der Waals surface area contributed by atoms with Gasteiger partial charge in [0.05, 0.1) is 6.61 Å². The summed E-state index contributed by atoms with van der Waals surface area (Å²) in [5.41, 5.74) is 0. The Bertz CT molecular complexity index is 318. The number of carbonyl (C=O) groups is 1. The smallest absolute Gasteiger partial charge is 0.374 e. The number of rotatable bonds is 7. The second-order valence-electron chi connectivity index (χ2n) is 3.03. The van der Waals surface area contributed by atoms with E-state index in [0.717, 1.165) is 0 Å². The van der Waals surface area contributed by atoms with E-state index >= 15 is 0 Å². The molecule has 0 saturated carbocycles. The van der Waals surface area contributed by atoms with E-state index in [4.69, 9.17) is 18.6 Å². The Labute approximate surface area is 94.3 Å². The summed E-state index contributed by atoms with van der Waals surface area (Å²) in [5.74, 6) is 0.296. The van der Waals surface area contributed by atoms with Crippen LogP contribution in [0.4, 0.5) is 0 Å². The standard InChI is InChI=1S/C11H16O5/c1-3-14-6-7-15-11(12)10-5-4-9(16-10)8-13-2/h4-5H,3,6-8H2,1-2H3. The molecule has 5 heteroatoms. The van der Waals surface area contributed by atoms with Gasteiger partial charge in [-0.1, -0.05) is 0 Å². The van der Waals surface area contributed by atoms with Crippen molar-refractivity contribution in [2.24, 2.45) is 0 Å². The van der Waals surface area contributed by atoms with Crippen molar-refractivity contribution in [1.82, 2.24) is 0 Å². The average Bonchev–Trinajstić information content (AvgIpc) is 2.73. The first-order valence-corrected chi connectivity index (χ1v) is 5.10. The van der Waals surface area contributed by atoms with Gasteiger partial charge in [-0.25, -0.2) is 4.79 Å². The Morgan fingerprint density at radius 1 is 1.38 bits per heavy atom. The zero-order valence-electron chi connectivity index (χ0n) is 9.52. The van der Waals surface area contributed by atoms with E-state index in [0.29, 0.717) is 25.6 Å². The van der Waals surface area contributed by atoms with Crippen molar-refractivity contribution in [2.75, 3.05) is 26.9 Å². The summed E-state index contributed by atoms with van der Waals surface area (Å²) in [7, 11) is 1.56. The van der Waals surface area contributed by atoms with Crippen molar-refractivity contribution in [2.45, 2.75) is 13.5 Å². The van der Waals surface area contributed by atoms with E-state index < -0.39 is 5.97 Å². The summed E-state index contributed by atoms with van der Waals surface area (Å²) < 4.78 is 20.0. The van der Waals surface area contributed by atoms with Crippen molar-refractivity contribution in [1.29, 1.82) is 0 Å². The van der Waals surface area contributed by atoms with Crippen LogP contribution < -0.4 is 0 Å². The third-order valence-electron chi connectivity index (χ3n) is 1.81. The number of hydrogen-bond acceptors (Lipinski definition) is 5. The Kier molecular flexibility index (Phi) is 5.60. The molecular formula is C11H16O5. The number of ether oxygens (including phenoxy) is 3. The minimum absolute atomic E-state index is 0.184. The van der Waals surface area contributed by atoms with Gasteiger partial charge in [-0.05, 0) is 19.1 Å². The van der Waals surface area contributed by atoms with Gasteiger partial charge >= 0.3 is 5.97 Å². The SMILES string of the molecule is CCOCCOC(=O)c1ccc(COC)o1. The molecule has 0 N–H and O–H groups in total. The van der Waals surface area contributed by atoms with Crippen LogP contribution in [0.2, 0.25) is 0 Å². The van der Waals surface area contributed by atoms with Crippen molar-refractivity contribution in [3.63, 3.8) is 0 Å². The summed E-state index contributed by atoms with van der Waals surface area (Å²) in [4.78, 5) is 11.4. The van der Waals surface area contributed by atoms with Crippen LogP contribution >= 0.6 is 0 Å². The molecule has 16 heavy (non-hydrogen) atoms. The van der Waals surface area contributed by atoms with Crippen LogP contribution in [0, 0.1) is 0 Å². The van der Waals surface area contributed by atoms with E-state index in [1.165, 1.54) is 0 Å². The van der Waals surface area contributed by atoms with Gasteiger partial charge in [0.2, 0.25) is 5.76 Å². The molecule has 0 unspecified atom stereocenters. The molecule has 1 aromatic rings. The van der Waals surface area contributed by atoms with Gasteiger partial charge in [-0.15, -0.1) is 0 Å². The number of methoxy groups -OCH3 is 1. The van der Waals surface area contributed by atoms with Crippen LogP contribution in [0.3, 0.4) is 0 Å². The maximum atomic E-state index is 11.4. The topological polar surface area (TPSA) is 57.9 Å². The molecule has 0 amide bonds. The molecule has 0 aromatic carbocycles. The minimum Gasteiger partial charge on any atom is -0.457 e. The van der Waals surface area contributed by atoms with Crippen LogP contribution in [0.15, 0.2) is 16.5 Å². The maximum Gasteiger partial charge on any atom is 0.374 e. The minimum atomic E-state index is -0.484. The molecule has 0 aliphatic rings. The molecule has 0 fully saturated rings. The Balaban J connectivity index is 2.34. The van der Waals surface area contributed by atoms with Crippen molar-refractivity contribution < 1.29 is 23.4 Å². The highest BCUT2D eigenvalue weighted by molar-refractivity contribution is 5.86. The van der Waals surface area contributed by atoms with Crippen LogP contribution in [0.1, 0.15) is 23.2 Å². The molecule has 0 saturated heterocycles. The van der Waals surface area contributed by atoms with Gasteiger partial charge < -0.3 is 18.6 Å². The number of hydrogen-bond donors (Lipinski definition) is 0. The predicted octanol–water partition coefficient (Wildman–Crippen LogP) is 1.62. The molecule has 0 bridgehead atoms. The molecule has 0 radical (unpaired) electrons. The number of esters is 1. The normalized spacial score (nSPS) is 10.4. The zero-order chi connectivity index (χ0) is 11.8. The molecule has 0 spiro atoms. The predicted molar refractivity (Wildman–Crippen MR) is 56.2 cm³/mol. The Morgan fingerprint density at radius 2 is 2.19 bits per heavy atom. The van der Waals surface area contributed by atoms with Crippen molar-refractivity contribution in [3.8, 4) is 0 Å². The molecule has 90 valence electrons. The molecule has 0 aliphatic carbocycles. The molecule has 0 atom stereocenters. The molecular weight excluding hydrogens is 212 g/mol. The fraction of sp³-hybridized carbons (Fsp3) is 0.545. The second kappa shape index (κ2) is 7.03. The summed E-state index contributed by atoms with van der Waals surface area (Å²) in [5, 5.41) is 0. The van der Waals surface area contributed by atoms with Gasteiger partial charge in [0.1, 0.15) is 19.0 Å². The van der Waals surface area contributed by atoms with Gasteiger partial charge in [-0.3, -0.25) is 0 Å². The first-order chi connectivity index (χ1) is 7.77. The van der Waals surface area contributed by atoms with Gasteiger partial charge in [0.15, 0.2) is 0 Å². The van der Waals surface area contributed by atoms with Gasteiger partial charge in [-0.2, -0.15) is 0 Å². The lowest BCUT2D eigenvalue weighted by Gasteiger charge is -2.02. The molecule has 0 aliphatic heterocycles. The van der Waals surface area contributed by atoms with Gasteiger partial charge in [0, 0.05) is 13.7 Å². The fourth-order valence-corrected chi connectivity index (χ4v) is 1.12. The lowest BCUT2D eigenvalue weighted by molar-refractivity contribution is 0.0300. The Hall–Kier alpha value is -1.33. The van der Waals surface area contributed by atoms with Crippen LogP contribution in [-0.2, 0) is 20.8 Å². The molecule has 1 heterocycles. The lowest BCUT2D eigenvalue weighted by atomic mass is 10.4. The fourth-order valence-electron chi connectivity index (χ4n) is 1.12. The van der Waals surface area contributed by atoms with Crippen molar-refractivity contribution in [3.05, 3.63) is 23.7 Å². The highest BCUT2D eigenvalue weighted by atomic mass is 16.6. The summed E-state index contributed by atoms with van der Waals surface area (Å²) in [6.07, 6.45) is 0. The largest absolute Gasteiger partial charge is 0.457 e. The van der Waals surface area contributed by atoms with Crippen LogP contribution in [-0.4, -0.2) is 32.9 Å². The van der Waals surface area contributed by atoms with E-state index in [2.05, 4.69) is 0 Å². The van der Waals surface area contributed by atoms with Crippen molar-refractivity contribution >= 4 is 5.97 Å². The highest BCUT2D eigenvalue weighted by Gasteiger charge is 2.12. The van der Waals surface area contributed by atoms with Crippen LogP contribution in [0.5, 0.6) is 0 Å². The third kappa shape index (κ3) is 4.04. The third-order valence-corrected chi connectivity index (χ3v) is 1.81. The van der Waals surface area contributed by atoms with Crippen LogP contribution in [0.25, 0.3) is 0 Å². The molecule has 1 aromatic heterocycles. The molecule has 5 nitrogen and oxygen atoms in total.